The van der Waals surface area contributed by atoms with Gasteiger partial charge in [0.15, 0.2) is 0 Å². The Labute approximate surface area is 86.9 Å². The van der Waals surface area contributed by atoms with Gasteiger partial charge in [0.25, 0.3) is 0 Å². The van der Waals surface area contributed by atoms with Crippen LogP contribution in [-0.2, 0) is 0 Å². The van der Waals surface area contributed by atoms with Crippen molar-refractivity contribution in [2.24, 2.45) is 0 Å². The van der Waals surface area contributed by atoms with E-state index in [4.69, 9.17) is 0 Å². The highest BCUT2D eigenvalue weighted by Gasteiger charge is 2.25. The van der Waals surface area contributed by atoms with Gasteiger partial charge in [-0.3, -0.25) is 0 Å². The molecule has 0 radical (unpaired) electrons. The molecule has 0 spiro atoms. The summed E-state index contributed by atoms with van der Waals surface area (Å²) in [6, 6.07) is 3.14. The van der Waals surface area contributed by atoms with Gasteiger partial charge in [0.05, 0.1) is 6.10 Å². The van der Waals surface area contributed by atoms with Crippen molar-refractivity contribution >= 4 is 0 Å². The van der Waals surface area contributed by atoms with E-state index in [-0.39, 0.29) is 11.6 Å². The van der Waals surface area contributed by atoms with Gasteiger partial charge in [-0.15, -0.1) is 0 Å². The molecule has 0 amide bonds. The summed E-state index contributed by atoms with van der Waals surface area (Å²) in [4.78, 5) is 0. The van der Waals surface area contributed by atoms with Crippen LogP contribution in [0, 0.1) is 11.6 Å². The van der Waals surface area contributed by atoms with Crippen LogP contribution in [0.3, 0.4) is 0 Å². The minimum Gasteiger partial charge on any atom is -0.387 e. The van der Waals surface area contributed by atoms with Crippen molar-refractivity contribution in [1.29, 1.82) is 0 Å². The Morgan fingerprint density at radius 1 is 1.40 bits per heavy atom. The van der Waals surface area contributed by atoms with Crippen LogP contribution in [0.25, 0.3) is 0 Å². The van der Waals surface area contributed by atoms with Crippen LogP contribution in [0.4, 0.5) is 8.78 Å². The molecule has 2 nitrogen and oxygen atoms in total. The molecule has 1 heterocycles. The lowest BCUT2D eigenvalue weighted by atomic mass is 10.0. The first-order valence-corrected chi connectivity index (χ1v) is 5.05. The summed E-state index contributed by atoms with van der Waals surface area (Å²) < 4.78 is 26.0. The molecule has 4 heteroatoms. The average molecular weight is 213 g/mol. The summed E-state index contributed by atoms with van der Waals surface area (Å²) in [5.74, 6) is -1.31. The minimum absolute atomic E-state index is 0.120. The molecule has 1 aromatic carbocycles. The smallest absolute Gasteiger partial charge is 0.131 e. The summed E-state index contributed by atoms with van der Waals surface area (Å²) in [7, 11) is 0. The van der Waals surface area contributed by atoms with E-state index in [2.05, 4.69) is 5.32 Å². The molecule has 2 atom stereocenters. The summed E-state index contributed by atoms with van der Waals surface area (Å²) in [5, 5.41) is 13.0. The van der Waals surface area contributed by atoms with Gasteiger partial charge < -0.3 is 10.4 Å². The molecular formula is C11H13F2NO. The van der Waals surface area contributed by atoms with Crippen molar-refractivity contribution in [3.05, 3.63) is 35.4 Å². The Morgan fingerprint density at radius 3 is 2.80 bits per heavy atom. The van der Waals surface area contributed by atoms with Gasteiger partial charge in [0, 0.05) is 17.7 Å². The molecule has 0 aliphatic carbocycles. The predicted molar refractivity (Wildman–Crippen MR) is 52.3 cm³/mol. The summed E-state index contributed by atoms with van der Waals surface area (Å²) >= 11 is 0. The Balaban J connectivity index is 2.20. The van der Waals surface area contributed by atoms with E-state index in [1.165, 1.54) is 6.07 Å². The summed E-state index contributed by atoms with van der Waals surface area (Å²) in [5.41, 5.74) is 0.163. The highest BCUT2D eigenvalue weighted by Crippen LogP contribution is 2.25. The quantitative estimate of drug-likeness (QED) is 0.784. The number of rotatable bonds is 2. The van der Waals surface area contributed by atoms with Gasteiger partial charge in [-0.05, 0) is 25.5 Å². The van der Waals surface area contributed by atoms with Crippen LogP contribution >= 0.6 is 0 Å². The molecular weight excluding hydrogens is 200 g/mol. The van der Waals surface area contributed by atoms with E-state index in [1.54, 1.807) is 0 Å². The second kappa shape index (κ2) is 4.24. The van der Waals surface area contributed by atoms with Gasteiger partial charge in [0.1, 0.15) is 11.6 Å². The second-order valence-electron chi connectivity index (χ2n) is 3.81. The third-order valence-corrected chi connectivity index (χ3v) is 2.76. The molecule has 0 unspecified atom stereocenters. The van der Waals surface area contributed by atoms with Crippen LogP contribution < -0.4 is 5.32 Å². The maximum Gasteiger partial charge on any atom is 0.131 e. The molecule has 0 aromatic heterocycles. The average Bonchev–Trinajstić information content (AvgIpc) is 2.69. The molecule has 1 fully saturated rings. The van der Waals surface area contributed by atoms with Crippen molar-refractivity contribution < 1.29 is 13.9 Å². The molecule has 2 rings (SSSR count). The number of aliphatic hydroxyl groups excluding tert-OH is 1. The standard InChI is InChI=1S/C11H13F2NO/c12-7-3-4-8(9(13)6-7)11(15)10-2-1-5-14-10/h3-4,6,10-11,14-15H,1-2,5H2/t10-,11+/m0/s1. The second-order valence-corrected chi connectivity index (χ2v) is 3.81. The van der Waals surface area contributed by atoms with Crippen LogP contribution in [0.2, 0.25) is 0 Å². The fourth-order valence-corrected chi connectivity index (χ4v) is 1.94. The van der Waals surface area contributed by atoms with Crippen LogP contribution in [0.1, 0.15) is 24.5 Å². The normalized spacial score (nSPS) is 23.0. The van der Waals surface area contributed by atoms with Crippen molar-refractivity contribution in [3.63, 3.8) is 0 Å². The zero-order chi connectivity index (χ0) is 10.8. The van der Waals surface area contributed by atoms with Gasteiger partial charge in [0.2, 0.25) is 0 Å². The van der Waals surface area contributed by atoms with Gasteiger partial charge in [-0.2, -0.15) is 0 Å². The number of halogens is 2. The Morgan fingerprint density at radius 2 is 2.20 bits per heavy atom. The molecule has 15 heavy (non-hydrogen) atoms. The first-order chi connectivity index (χ1) is 7.18. The minimum atomic E-state index is -0.895. The highest BCUT2D eigenvalue weighted by molar-refractivity contribution is 5.22. The van der Waals surface area contributed by atoms with E-state index >= 15 is 0 Å². The van der Waals surface area contributed by atoms with E-state index in [0.717, 1.165) is 31.5 Å². The van der Waals surface area contributed by atoms with E-state index in [0.29, 0.717) is 0 Å². The number of aliphatic hydroxyl groups is 1. The molecule has 0 bridgehead atoms. The fourth-order valence-electron chi connectivity index (χ4n) is 1.94. The predicted octanol–water partition coefficient (Wildman–Crippen LogP) is 1.75. The third-order valence-electron chi connectivity index (χ3n) is 2.76. The van der Waals surface area contributed by atoms with Crippen LogP contribution in [0.5, 0.6) is 0 Å². The SMILES string of the molecule is O[C@H](c1ccc(F)cc1F)[C@@H]1CCCN1. The van der Waals surface area contributed by atoms with Crippen molar-refractivity contribution in [2.45, 2.75) is 25.0 Å². The third kappa shape index (κ3) is 2.16. The van der Waals surface area contributed by atoms with Crippen LogP contribution in [-0.4, -0.2) is 17.7 Å². The Hall–Kier alpha value is -1.00. The van der Waals surface area contributed by atoms with Crippen molar-refractivity contribution in [2.75, 3.05) is 6.54 Å². The fraction of sp³-hybridized carbons (Fsp3) is 0.455. The number of hydrogen-bond donors (Lipinski definition) is 2. The van der Waals surface area contributed by atoms with Gasteiger partial charge >= 0.3 is 0 Å². The maximum absolute atomic E-state index is 13.3. The summed E-state index contributed by atoms with van der Waals surface area (Å²) in [6.07, 6.45) is 0.899. The zero-order valence-corrected chi connectivity index (χ0v) is 8.21. The highest BCUT2D eigenvalue weighted by atomic mass is 19.1. The molecule has 1 aliphatic heterocycles. The monoisotopic (exact) mass is 213 g/mol. The first-order valence-electron chi connectivity index (χ1n) is 5.05. The zero-order valence-electron chi connectivity index (χ0n) is 8.21. The lowest BCUT2D eigenvalue weighted by Crippen LogP contribution is -2.29. The first kappa shape index (κ1) is 10.5. The van der Waals surface area contributed by atoms with E-state index in [1.807, 2.05) is 0 Å². The number of hydrogen-bond acceptors (Lipinski definition) is 2. The molecule has 1 saturated heterocycles. The lowest BCUT2D eigenvalue weighted by Gasteiger charge is -2.19. The molecule has 82 valence electrons. The molecule has 2 N–H and O–H groups in total. The molecule has 1 aromatic rings. The Kier molecular flexibility index (Phi) is 2.98. The van der Waals surface area contributed by atoms with Gasteiger partial charge in [-0.25, -0.2) is 8.78 Å². The van der Waals surface area contributed by atoms with Crippen molar-refractivity contribution in [3.8, 4) is 0 Å². The topological polar surface area (TPSA) is 32.3 Å². The largest absolute Gasteiger partial charge is 0.387 e. The van der Waals surface area contributed by atoms with Gasteiger partial charge in [-0.1, -0.05) is 6.07 Å². The van der Waals surface area contributed by atoms with Crippen LogP contribution in [0.15, 0.2) is 18.2 Å². The molecule has 1 aliphatic rings. The van der Waals surface area contributed by atoms with E-state index < -0.39 is 17.7 Å². The van der Waals surface area contributed by atoms with Crippen molar-refractivity contribution in [1.82, 2.24) is 5.32 Å². The Bertz CT molecular complexity index is 350. The maximum atomic E-state index is 13.3. The number of benzene rings is 1. The molecule has 0 saturated carbocycles. The summed E-state index contributed by atoms with van der Waals surface area (Å²) in [6.45, 7) is 0.838. The lowest BCUT2D eigenvalue weighted by molar-refractivity contribution is 0.133. The number of nitrogens with one attached hydrogen (secondary N) is 1. The van der Waals surface area contributed by atoms with E-state index in [9.17, 15) is 13.9 Å².